The van der Waals surface area contributed by atoms with E-state index in [4.69, 9.17) is 23.2 Å². The Hall–Kier alpha value is -0.480. The Kier molecular flexibility index (Phi) is 7.83. The van der Waals surface area contributed by atoms with Gasteiger partial charge < -0.3 is 9.47 Å². The van der Waals surface area contributed by atoms with Crippen molar-refractivity contribution in [1.82, 2.24) is 0 Å². The minimum absolute atomic E-state index is 0.106. The Bertz CT molecular complexity index is 154. The summed E-state index contributed by atoms with van der Waals surface area (Å²) in [6, 6.07) is 0. The van der Waals surface area contributed by atoms with E-state index in [1.54, 1.807) is 0 Å². The highest BCUT2D eigenvalue weighted by molar-refractivity contribution is 6.19. The molecule has 4 nitrogen and oxygen atoms in total. The van der Waals surface area contributed by atoms with Crippen molar-refractivity contribution in [3.8, 4) is 0 Å². The van der Waals surface area contributed by atoms with Gasteiger partial charge in [-0.05, 0) is 0 Å². The van der Waals surface area contributed by atoms with Crippen LogP contribution in [0.3, 0.4) is 0 Å². The maximum Gasteiger partial charge on any atom is 0.309 e. The van der Waals surface area contributed by atoms with Crippen LogP contribution in [0.2, 0.25) is 0 Å². The average molecular weight is 229 g/mol. The van der Waals surface area contributed by atoms with Crippen LogP contribution >= 0.6 is 23.2 Å². The molecular weight excluding hydrogens is 219 g/mol. The lowest BCUT2D eigenvalue weighted by atomic mass is 10.5. The monoisotopic (exact) mass is 228 g/mol. The SMILES string of the molecule is O=C(CCCl)OCOC(=O)CCCl. The molecule has 0 unspecified atom stereocenters. The summed E-state index contributed by atoms with van der Waals surface area (Å²) in [4.78, 5) is 21.3. The number of hydrogen-bond donors (Lipinski definition) is 0. The van der Waals surface area contributed by atoms with E-state index in [1.807, 2.05) is 0 Å². The zero-order valence-electron chi connectivity index (χ0n) is 6.92. The number of hydrogen-bond acceptors (Lipinski definition) is 4. The lowest BCUT2D eigenvalue weighted by molar-refractivity contribution is -0.166. The van der Waals surface area contributed by atoms with Gasteiger partial charge in [-0.3, -0.25) is 9.59 Å². The molecule has 6 heteroatoms. The Labute approximate surface area is 86.1 Å². The molecule has 0 bridgehead atoms. The zero-order valence-corrected chi connectivity index (χ0v) is 8.44. The number of carbonyl (C=O) groups excluding carboxylic acids is 2. The third kappa shape index (κ3) is 7.87. The molecule has 0 aromatic heterocycles. The minimum atomic E-state index is -0.492. The van der Waals surface area contributed by atoms with Crippen LogP contribution in [0.5, 0.6) is 0 Å². The topological polar surface area (TPSA) is 52.6 Å². The van der Waals surface area contributed by atoms with Crippen molar-refractivity contribution in [2.75, 3.05) is 18.6 Å². The van der Waals surface area contributed by atoms with Gasteiger partial charge >= 0.3 is 11.9 Å². The first kappa shape index (κ1) is 12.5. The minimum Gasteiger partial charge on any atom is -0.428 e. The van der Waals surface area contributed by atoms with Crippen LogP contribution in [0.15, 0.2) is 0 Å². The second-order valence-electron chi connectivity index (χ2n) is 2.03. The Balaban J connectivity index is 3.33. The van der Waals surface area contributed by atoms with Gasteiger partial charge in [0.15, 0.2) is 0 Å². The van der Waals surface area contributed by atoms with E-state index >= 15 is 0 Å². The van der Waals surface area contributed by atoms with E-state index in [0.29, 0.717) is 0 Å². The summed E-state index contributed by atoms with van der Waals surface area (Å²) in [6.07, 6.45) is 0.212. The van der Waals surface area contributed by atoms with Crippen molar-refractivity contribution in [3.63, 3.8) is 0 Å². The van der Waals surface area contributed by atoms with Gasteiger partial charge in [-0.15, -0.1) is 23.2 Å². The fourth-order valence-corrected chi connectivity index (χ4v) is 0.768. The van der Waals surface area contributed by atoms with E-state index in [-0.39, 0.29) is 31.4 Å². The van der Waals surface area contributed by atoms with Gasteiger partial charge in [0, 0.05) is 11.8 Å². The maximum absolute atomic E-state index is 10.7. The van der Waals surface area contributed by atoms with Crippen LogP contribution in [-0.2, 0) is 19.1 Å². The molecule has 0 aromatic rings. The summed E-state index contributed by atoms with van der Waals surface area (Å²) in [5.41, 5.74) is 0. The molecular formula is C7H10Cl2O4. The number of rotatable bonds is 6. The molecule has 0 spiro atoms. The lowest BCUT2D eigenvalue weighted by Crippen LogP contribution is -2.13. The van der Waals surface area contributed by atoms with E-state index in [0.717, 1.165) is 0 Å². The average Bonchev–Trinajstić information content (AvgIpc) is 2.05. The van der Waals surface area contributed by atoms with E-state index in [2.05, 4.69) is 9.47 Å². The molecule has 0 fully saturated rings. The Morgan fingerprint density at radius 1 is 0.923 bits per heavy atom. The van der Waals surface area contributed by atoms with Gasteiger partial charge in [0.2, 0.25) is 6.79 Å². The van der Waals surface area contributed by atoms with Crippen molar-refractivity contribution in [1.29, 1.82) is 0 Å². The fourth-order valence-electron chi connectivity index (χ4n) is 0.460. The van der Waals surface area contributed by atoms with E-state index < -0.39 is 11.9 Å². The standard InChI is InChI=1S/C7H10Cl2O4/c8-3-1-6(10)12-5-13-7(11)2-4-9/h1-5H2. The molecule has 0 aliphatic rings. The van der Waals surface area contributed by atoms with Crippen LogP contribution in [0.25, 0.3) is 0 Å². The number of carbonyl (C=O) groups is 2. The van der Waals surface area contributed by atoms with Crippen molar-refractivity contribution >= 4 is 35.1 Å². The summed E-state index contributed by atoms with van der Waals surface area (Å²) in [5, 5.41) is 0. The summed E-state index contributed by atoms with van der Waals surface area (Å²) in [7, 11) is 0. The van der Waals surface area contributed by atoms with Crippen molar-refractivity contribution in [2.24, 2.45) is 0 Å². The first-order chi connectivity index (χ1) is 6.20. The fraction of sp³-hybridized carbons (Fsp3) is 0.714. The molecule has 0 saturated heterocycles. The van der Waals surface area contributed by atoms with Crippen molar-refractivity contribution < 1.29 is 19.1 Å². The second-order valence-corrected chi connectivity index (χ2v) is 2.78. The van der Waals surface area contributed by atoms with E-state index in [1.165, 1.54) is 0 Å². The van der Waals surface area contributed by atoms with Crippen LogP contribution in [0, 0.1) is 0 Å². The molecule has 0 amide bonds. The quantitative estimate of drug-likeness (QED) is 0.391. The molecule has 0 N–H and O–H groups in total. The molecule has 0 aromatic carbocycles. The maximum atomic E-state index is 10.7. The highest BCUT2D eigenvalue weighted by Gasteiger charge is 2.04. The van der Waals surface area contributed by atoms with Crippen LogP contribution < -0.4 is 0 Å². The third-order valence-electron chi connectivity index (χ3n) is 1.04. The molecule has 0 heterocycles. The summed E-state index contributed by atoms with van der Waals surface area (Å²) in [5.74, 6) is -0.606. The van der Waals surface area contributed by atoms with Gasteiger partial charge in [-0.1, -0.05) is 0 Å². The highest BCUT2D eigenvalue weighted by Crippen LogP contribution is 1.93. The molecule has 0 radical (unpaired) electrons. The molecule has 76 valence electrons. The van der Waals surface area contributed by atoms with Gasteiger partial charge in [0.1, 0.15) is 0 Å². The number of esters is 2. The first-order valence-corrected chi connectivity index (χ1v) is 4.70. The van der Waals surface area contributed by atoms with Crippen molar-refractivity contribution in [2.45, 2.75) is 12.8 Å². The number of ether oxygens (including phenoxy) is 2. The van der Waals surface area contributed by atoms with Gasteiger partial charge in [-0.2, -0.15) is 0 Å². The van der Waals surface area contributed by atoms with Crippen LogP contribution in [-0.4, -0.2) is 30.5 Å². The van der Waals surface area contributed by atoms with E-state index in [9.17, 15) is 9.59 Å². The Morgan fingerprint density at radius 2 is 1.31 bits per heavy atom. The molecule has 0 saturated carbocycles. The van der Waals surface area contributed by atoms with Crippen LogP contribution in [0.1, 0.15) is 12.8 Å². The Morgan fingerprint density at radius 3 is 1.62 bits per heavy atom. The summed E-state index contributed by atoms with van der Waals surface area (Å²) in [6.45, 7) is -0.370. The summed E-state index contributed by atoms with van der Waals surface area (Å²) < 4.78 is 8.98. The van der Waals surface area contributed by atoms with Gasteiger partial charge in [0.05, 0.1) is 12.8 Å². The van der Waals surface area contributed by atoms with Gasteiger partial charge in [0.25, 0.3) is 0 Å². The highest BCUT2D eigenvalue weighted by atomic mass is 35.5. The summed E-state index contributed by atoms with van der Waals surface area (Å²) >= 11 is 10.5. The van der Waals surface area contributed by atoms with Gasteiger partial charge in [-0.25, -0.2) is 0 Å². The number of alkyl halides is 2. The molecule has 0 rings (SSSR count). The normalized spacial score (nSPS) is 9.38. The lowest BCUT2D eigenvalue weighted by Gasteiger charge is -2.03. The zero-order chi connectivity index (χ0) is 10.1. The van der Waals surface area contributed by atoms with Crippen molar-refractivity contribution in [3.05, 3.63) is 0 Å². The number of halogens is 2. The third-order valence-corrected chi connectivity index (χ3v) is 1.42. The second kappa shape index (κ2) is 8.13. The largest absolute Gasteiger partial charge is 0.428 e. The predicted molar refractivity (Wildman–Crippen MR) is 47.7 cm³/mol. The molecule has 0 aliphatic heterocycles. The predicted octanol–water partition coefficient (Wildman–Crippen LogP) is 1.29. The smallest absolute Gasteiger partial charge is 0.309 e. The first-order valence-electron chi connectivity index (χ1n) is 3.64. The molecule has 13 heavy (non-hydrogen) atoms. The molecule has 0 atom stereocenters. The molecule has 0 aliphatic carbocycles. The van der Waals surface area contributed by atoms with Crippen LogP contribution in [0.4, 0.5) is 0 Å².